The molecule has 2 atom stereocenters. The molecule has 2 aliphatic rings. The second-order valence-corrected chi connectivity index (χ2v) is 7.21. The predicted octanol–water partition coefficient (Wildman–Crippen LogP) is 2.68. The summed E-state index contributed by atoms with van der Waals surface area (Å²) in [6.45, 7) is 3.28. The number of nitrogens with zero attached hydrogens (tertiary/aromatic N) is 1. The van der Waals surface area contributed by atoms with Crippen LogP contribution >= 0.6 is 11.8 Å². The van der Waals surface area contributed by atoms with Crippen LogP contribution in [-0.2, 0) is 9.59 Å². The van der Waals surface area contributed by atoms with Crippen LogP contribution in [0.4, 0.5) is 5.69 Å². The Balaban J connectivity index is 1.56. The van der Waals surface area contributed by atoms with Gasteiger partial charge in [-0.05, 0) is 36.6 Å². The van der Waals surface area contributed by atoms with Gasteiger partial charge in [0.15, 0.2) is 0 Å². The van der Waals surface area contributed by atoms with Crippen LogP contribution in [0.1, 0.15) is 26.2 Å². The largest absolute Gasteiger partial charge is 0.355 e. The monoisotopic (exact) mass is 318 g/mol. The van der Waals surface area contributed by atoms with Crippen molar-refractivity contribution in [3.8, 4) is 0 Å². The van der Waals surface area contributed by atoms with Crippen LogP contribution in [0.15, 0.2) is 29.2 Å². The summed E-state index contributed by atoms with van der Waals surface area (Å²) in [6.07, 6.45) is 2.35. The Kier molecular flexibility index (Phi) is 4.71. The minimum atomic E-state index is 0.0964. The summed E-state index contributed by atoms with van der Waals surface area (Å²) >= 11 is 1.81. The van der Waals surface area contributed by atoms with E-state index in [2.05, 4.69) is 18.3 Å². The van der Waals surface area contributed by atoms with Gasteiger partial charge in [0.2, 0.25) is 11.8 Å². The number of rotatable bonds is 4. The van der Waals surface area contributed by atoms with Crippen molar-refractivity contribution < 1.29 is 9.59 Å². The van der Waals surface area contributed by atoms with E-state index in [-0.39, 0.29) is 17.7 Å². The zero-order chi connectivity index (χ0) is 15.5. The highest BCUT2D eigenvalue weighted by Gasteiger charge is 2.38. The fraction of sp³-hybridized carbons (Fsp3) is 0.529. The molecule has 1 aromatic carbocycles. The van der Waals surface area contributed by atoms with Crippen molar-refractivity contribution >= 4 is 29.3 Å². The van der Waals surface area contributed by atoms with Gasteiger partial charge in [-0.25, -0.2) is 0 Å². The highest BCUT2D eigenvalue weighted by atomic mass is 32.2. The van der Waals surface area contributed by atoms with Crippen LogP contribution in [0, 0.1) is 11.8 Å². The zero-order valence-electron chi connectivity index (χ0n) is 12.9. The maximum absolute atomic E-state index is 12.5. The van der Waals surface area contributed by atoms with E-state index in [9.17, 15) is 9.59 Å². The lowest BCUT2D eigenvalue weighted by Gasteiger charge is -2.22. The number of hydrogen-bond acceptors (Lipinski definition) is 3. The molecule has 1 fully saturated rings. The van der Waals surface area contributed by atoms with E-state index >= 15 is 0 Å². The van der Waals surface area contributed by atoms with Crippen LogP contribution in [0.3, 0.4) is 0 Å². The van der Waals surface area contributed by atoms with Crippen LogP contribution in [0.2, 0.25) is 0 Å². The van der Waals surface area contributed by atoms with E-state index in [1.54, 1.807) is 0 Å². The Morgan fingerprint density at radius 3 is 2.91 bits per heavy atom. The number of carbonyl (C=O) groups is 2. The third kappa shape index (κ3) is 3.46. The maximum Gasteiger partial charge on any atom is 0.228 e. The number of carbonyl (C=O) groups excluding carboxylic acids is 2. The average molecular weight is 318 g/mol. The van der Waals surface area contributed by atoms with Gasteiger partial charge < -0.3 is 10.2 Å². The van der Waals surface area contributed by atoms with Gasteiger partial charge in [0, 0.05) is 30.3 Å². The lowest BCUT2D eigenvalue weighted by atomic mass is 10.2. The number of thioether (sulfide) groups is 1. The molecule has 0 saturated heterocycles. The van der Waals surface area contributed by atoms with Crippen molar-refractivity contribution in [2.45, 2.75) is 31.1 Å². The Morgan fingerprint density at radius 2 is 2.14 bits per heavy atom. The Hall–Kier alpha value is -1.49. The fourth-order valence-electron chi connectivity index (χ4n) is 2.83. The van der Waals surface area contributed by atoms with Crippen molar-refractivity contribution in [2.24, 2.45) is 11.8 Å². The van der Waals surface area contributed by atoms with E-state index in [1.807, 2.05) is 34.9 Å². The van der Waals surface area contributed by atoms with Crippen molar-refractivity contribution in [3.63, 3.8) is 0 Å². The first-order chi connectivity index (χ1) is 10.7. The van der Waals surface area contributed by atoms with Crippen molar-refractivity contribution in [2.75, 3.05) is 23.7 Å². The number of anilines is 1. The molecule has 1 aliphatic carbocycles. The summed E-state index contributed by atoms with van der Waals surface area (Å²) in [6, 6.07) is 8.07. The van der Waals surface area contributed by atoms with Gasteiger partial charge in [0.05, 0.1) is 5.69 Å². The first-order valence-electron chi connectivity index (χ1n) is 7.96. The minimum Gasteiger partial charge on any atom is -0.355 e. The predicted molar refractivity (Wildman–Crippen MR) is 89.0 cm³/mol. The highest BCUT2D eigenvalue weighted by molar-refractivity contribution is 7.99. The van der Waals surface area contributed by atoms with Gasteiger partial charge in [0.25, 0.3) is 0 Å². The van der Waals surface area contributed by atoms with E-state index in [1.165, 1.54) is 4.90 Å². The molecule has 2 amide bonds. The summed E-state index contributed by atoms with van der Waals surface area (Å²) < 4.78 is 0. The van der Waals surface area contributed by atoms with Gasteiger partial charge in [-0.2, -0.15) is 0 Å². The normalized spacial score (nSPS) is 23.4. The molecule has 0 aromatic heterocycles. The molecule has 0 bridgehead atoms. The number of amides is 2. The Bertz CT molecular complexity index is 576. The van der Waals surface area contributed by atoms with Gasteiger partial charge in [-0.1, -0.05) is 19.1 Å². The molecule has 1 aromatic rings. The third-order valence-corrected chi connectivity index (χ3v) is 5.47. The molecule has 1 saturated carbocycles. The standard InChI is InChI=1S/C17H22N2O2S/c1-12-11-13(12)17(21)18-8-7-16(20)19-9-4-10-22-15-6-3-2-5-14(15)19/h2-3,5-6,12-13H,4,7-11H2,1H3,(H,18,21). The molecule has 1 aliphatic heterocycles. The lowest BCUT2D eigenvalue weighted by Crippen LogP contribution is -2.35. The summed E-state index contributed by atoms with van der Waals surface area (Å²) in [5, 5.41) is 2.89. The fourth-order valence-corrected chi connectivity index (χ4v) is 3.83. The Labute approximate surface area is 135 Å². The third-order valence-electron chi connectivity index (χ3n) is 4.33. The molecular weight excluding hydrogens is 296 g/mol. The molecule has 2 unspecified atom stereocenters. The average Bonchev–Trinajstić information content (AvgIpc) is 3.28. The number of benzene rings is 1. The topological polar surface area (TPSA) is 49.4 Å². The van der Waals surface area contributed by atoms with Gasteiger partial charge in [-0.3, -0.25) is 9.59 Å². The SMILES string of the molecule is CC1CC1C(=O)NCCC(=O)N1CCCSc2ccccc21. The molecular formula is C17H22N2O2S. The van der Waals surface area contributed by atoms with Crippen molar-refractivity contribution in [1.82, 2.24) is 5.32 Å². The van der Waals surface area contributed by atoms with E-state index in [4.69, 9.17) is 0 Å². The molecule has 22 heavy (non-hydrogen) atoms. The molecule has 118 valence electrons. The summed E-state index contributed by atoms with van der Waals surface area (Å²) in [5.74, 6) is 1.92. The maximum atomic E-state index is 12.5. The number of para-hydroxylation sites is 1. The highest BCUT2D eigenvalue weighted by Crippen LogP contribution is 2.37. The molecule has 3 rings (SSSR count). The second-order valence-electron chi connectivity index (χ2n) is 6.08. The van der Waals surface area contributed by atoms with Crippen LogP contribution in [0.5, 0.6) is 0 Å². The number of nitrogens with one attached hydrogen (secondary N) is 1. The summed E-state index contributed by atoms with van der Waals surface area (Å²) in [5.41, 5.74) is 1.01. The summed E-state index contributed by atoms with van der Waals surface area (Å²) in [7, 11) is 0. The number of hydrogen-bond donors (Lipinski definition) is 1. The van der Waals surface area contributed by atoms with Crippen LogP contribution in [0.25, 0.3) is 0 Å². The smallest absolute Gasteiger partial charge is 0.228 e. The molecule has 5 heteroatoms. The molecule has 1 heterocycles. The molecule has 0 spiro atoms. The molecule has 4 nitrogen and oxygen atoms in total. The first-order valence-corrected chi connectivity index (χ1v) is 8.95. The van der Waals surface area contributed by atoms with Crippen LogP contribution in [-0.4, -0.2) is 30.7 Å². The van der Waals surface area contributed by atoms with E-state index in [0.717, 1.165) is 30.8 Å². The minimum absolute atomic E-state index is 0.0964. The number of fused-ring (bicyclic) bond motifs is 1. The van der Waals surface area contributed by atoms with Crippen molar-refractivity contribution in [1.29, 1.82) is 0 Å². The quantitative estimate of drug-likeness (QED) is 0.928. The van der Waals surface area contributed by atoms with Gasteiger partial charge >= 0.3 is 0 Å². The van der Waals surface area contributed by atoms with Crippen LogP contribution < -0.4 is 10.2 Å². The molecule has 0 radical (unpaired) electrons. The second kappa shape index (κ2) is 6.73. The Morgan fingerprint density at radius 1 is 1.36 bits per heavy atom. The molecule has 1 N–H and O–H groups in total. The van der Waals surface area contributed by atoms with Gasteiger partial charge in [0.1, 0.15) is 0 Å². The van der Waals surface area contributed by atoms with E-state index < -0.39 is 0 Å². The first kappa shape index (κ1) is 15.4. The lowest BCUT2D eigenvalue weighted by molar-refractivity contribution is -0.122. The van der Waals surface area contributed by atoms with E-state index in [0.29, 0.717) is 18.9 Å². The van der Waals surface area contributed by atoms with Gasteiger partial charge in [-0.15, -0.1) is 11.8 Å². The van der Waals surface area contributed by atoms with Crippen molar-refractivity contribution in [3.05, 3.63) is 24.3 Å². The zero-order valence-corrected chi connectivity index (χ0v) is 13.7. The summed E-state index contributed by atoms with van der Waals surface area (Å²) in [4.78, 5) is 27.3.